The zero-order valence-electron chi connectivity index (χ0n) is 6.03. The van der Waals surface area contributed by atoms with Gasteiger partial charge < -0.3 is 5.73 Å². The molecule has 0 atom stereocenters. The van der Waals surface area contributed by atoms with Crippen LogP contribution >= 0.6 is 15.9 Å². The number of rotatable bonds is 2. The predicted molar refractivity (Wildman–Crippen MR) is 46.5 cm³/mol. The van der Waals surface area contributed by atoms with Crippen molar-refractivity contribution >= 4 is 21.6 Å². The molecule has 0 saturated heterocycles. The second-order valence-corrected chi connectivity index (χ2v) is 3.00. The molecule has 12 heavy (non-hydrogen) atoms. The molecule has 0 fully saturated rings. The minimum absolute atomic E-state index is 0.0492. The number of aromatic nitrogens is 1. The number of halogens is 1. The Morgan fingerprint density at radius 2 is 2.42 bits per heavy atom. The number of nitrogens with two attached hydrogens (primary N) is 1. The van der Waals surface area contributed by atoms with Gasteiger partial charge in [-0.2, -0.15) is 0 Å². The van der Waals surface area contributed by atoms with Gasteiger partial charge in [0.1, 0.15) is 5.69 Å². The number of pyridine rings is 1. The van der Waals surface area contributed by atoms with Gasteiger partial charge in [0, 0.05) is 23.3 Å². The van der Waals surface area contributed by atoms with Gasteiger partial charge >= 0.3 is 0 Å². The molecule has 0 aromatic carbocycles. The molecule has 0 unspecified atom stereocenters. The molecule has 1 aromatic heterocycles. The van der Waals surface area contributed by atoms with Gasteiger partial charge in [0.05, 0.1) is 4.92 Å². The zero-order valence-corrected chi connectivity index (χ0v) is 7.61. The number of hydrogen-bond donors (Lipinski definition) is 1. The van der Waals surface area contributed by atoms with Crippen LogP contribution < -0.4 is 5.73 Å². The van der Waals surface area contributed by atoms with Crippen molar-refractivity contribution in [2.45, 2.75) is 6.54 Å². The lowest BCUT2D eigenvalue weighted by Gasteiger charge is -1.97. The van der Waals surface area contributed by atoms with E-state index in [9.17, 15) is 10.1 Å². The van der Waals surface area contributed by atoms with E-state index >= 15 is 0 Å². The minimum atomic E-state index is -0.500. The van der Waals surface area contributed by atoms with E-state index in [0.29, 0.717) is 10.2 Å². The summed E-state index contributed by atoms with van der Waals surface area (Å²) in [6.45, 7) is 0.0730. The molecule has 0 spiro atoms. The monoisotopic (exact) mass is 231 g/mol. The van der Waals surface area contributed by atoms with Gasteiger partial charge in [-0.25, -0.2) is 0 Å². The van der Waals surface area contributed by atoms with Crippen molar-refractivity contribution in [2.24, 2.45) is 5.73 Å². The maximum Gasteiger partial charge on any atom is 0.293 e. The summed E-state index contributed by atoms with van der Waals surface area (Å²) in [4.78, 5) is 13.7. The zero-order chi connectivity index (χ0) is 9.14. The van der Waals surface area contributed by atoms with E-state index in [-0.39, 0.29) is 12.2 Å². The highest BCUT2D eigenvalue weighted by Gasteiger charge is 2.13. The van der Waals surface area contributed by atoms with Gasteiger partial charge in [0.2, 0.25) is 0 Å². The Morgan fingerprint density at radius 3 is 2.92 bits per heavy atom. The molecular weight excluding hydrogens is 226 g/mol. The Labute approximate surface area is 76.9 Å². The molecule has 1 heterocycles. The Bertz CT molecular complexity index is 316. The molecule has 2 N–H and O–H groups in total. The van der Waals surface area contributed by atoms with Gasteiger partial charge in [-0.05, 0) is 15.9 Å². The van der Waals surface area contributed by atoms with Crippen molar-refractivity contribution in [2.75, 3.05) is 0 Å². The quantitative estimate of drug-likeness (QED) is 0.613. The van der Waals surface area contributed by atoms with E-state index in [1.54, 1.807) is 0 Å². The van der Waals surface area contributed by atoms with Crippen LogP contribution in [0.3, 0.4) is 0 Å². The van der Waals surface area contributed by atoms with E-state index in [1.807, 2.05) is 0 Å². The second kappa shape index (κ2) is 3.59. The molecule has 1 rings (SSSR count). The van der Waals surface area contributed by atoms with Crippen LogP contribution in [0.2, 0.25) is 0 Å². The molecular formula is C6H6BrN3O2. The minimum Gasteiger partial charge on any atom is -0.325 e. The van der Waals surface area contributed by atoms with E-state index in [0.717, 1.165) is 0 Å². The Hall–Kier alpha value is -1.01. The third kappa shape index (κ3) is 1.77. The average Bonchev–Trinajstić information content (AvgIpc) is 2.04. The Kier molecular flexibility index (Phi) is 2.72. The second-order valence-electron chi connectivity index (χ2n) is 2.08. The first-order valence-electron chi connectivity index (χ1n) is 3.14. The van der Waals surface area contributed by atoms with Crippen LogP contribution in [0.4, 0.5) is 5.69 Å². The van der Waals surface area contributed by atoms with Crippen molar-refractivity contribution in [3.63, 3.8) is 0 Å². The summed E-state index contributed by atoms with van der Waals surface area (Å²) in [5, 5.41) is 10.4. The van der Waals surface area contributed by atoms with Crippen LogP contribution in [-0.4, -0.2) is 9.91 Å². The van der Waals surface area contributed by atoms with E-state index < -0.39 is 4.92 Å². The van der Waals surface area contributed by atoms with Crippen molar-refractivity contribution in [3.8, 4) is 0 Å². The summed E-state index contributed by atoms with van der Waals surface area (Å²) in [6.07, 6.45) is 1.48. The van der Waals surface area contributed by atoms with Crippen molar-refractivity contribution in [1.82, 2.24) is 4.98 Å². The van der Waals surface area contributed by atoms with Crippen molar-refractivity contribution < 1.29 is 4.92 Å². The topological polar surface area (TPSA) is 82.0 Å². The largest absolute Gasteiger partial charge is 0.325 e. The van der Waals surface area contributed by atoms with Gasteiger partial charge in [-0.15, -0.1) is 0 Å². The van der Waals surface area contributed by atoms with Gasteiger partial charge in [-0.1, -0.05) is 0 Å². The van der Waals surface area contributed by atoms with E-state index in [2.05, 4.69) is 20.9 Å². The fourth-order valence-corrected chi connectivity index (χ4v) is 1.09. The highest BCUT2D eigenvalue weighted by Crippen LogP contribution is 2.20. The smallest absolute Gasteiger partial charge is 0.293 e. The van der Waals surface area contributed by atoms with E-state index in [1.165, 1.54) is 12.3 Å². The summed E-state index contributed by atoms with van der Waals surface area (Å²) in [7, 11) is 0. The molecule has 0 aliphatic carbocycles. The first-order valence-corrected chi connectivity index (χ1v) is 3.93. The fraction of sp³-hybridized carbons (Fsp3) is 0.167. The fourth-order valence-electron chi connectivity index (χ4n) is 0.772. The Morgan fingerprint density at radius 1 is 1.75 bits per heavy atom. The van der Waals surface area contributed by atoms with Crippen LogP contribution in [0.1, 0.15) is 5.69 Å². The lowest BCUT2D eigenvalue weighted by molar-refractivity contribution is -0.386. The van der Waals surface area contributed by atoms with Crippen LogP contribution in [-0.2, 0) is 6.54 Å². The predicted octanol–water partition coefficient (Wildman–Crippen LogP) is 1.21. The highest BCUT2D eigenvalue weighted by atomic mass is 79.9. The average molecular weight is 232 g/mol. The highest BCUT2D eigenvalue weighted by molar-refractivity contribution is 9.10. The SMILES string of the molecule is NCc1ncc(Br)cc1[N+](=O)[O-]. The standard InChI is InChI=1S/C6H6BrN3O2/c7-4-1-6(10(11)12)5(2-8)9-3-4/h1,3H,2,8H2. The normalized spacial score (nSPS) is 9.83. The molecule has 1 aromatic rings. The van der Waals surface area contributed by atoms with Crippen LogP contribution in [0.15, 0.2) is 16.7 Å². The first kappa shape index (κ1) is 9.08. The van der Waals surface area contributed by atoms with Crippen LogP contribution in [0.25, 0.3) is 0 Å². The summed E-state index contributed by atoms with van der Waals surface area (Å²) in [5.74, 6) is 0. The molecule has 0 bridgehead atoms. The number of hydrogen-bond acceptors (Lipinski definition) is 4. The summed E-state index contributed by atoms with van der Waals surface area (Å²) >= 11 is 3.09. The lowest BCUT2D eigenvalue weighted by Crippen LogP contribution is -2.04. The summed E-state index contributed by atoms with van der Waals surface area (Å²) in [6, 6.07) is 1.38. The Balaban J connectivity index is 3.21. The molecule has 5 nitrogen and oxygen atoms in total. The number of nitrogens with zero attached hydrogens (tertiary/aromatic N) is 2. The number of nitro groups is 1. The van der Waals surface area contributed by atoms with Gasteiger partial charge in [0.25, 0.3) is 5.69 Å². The van der Waals surface area contributed by atoms with Gasteiger partial charge in [-0.3, -0.25) is 15.1 Å². The molecule has 0 amide bonds. The molecule has 0 aliphatic rings. The van der Waals surface area contributed by atoms with E-state index in [4.69, 9.17) is 5.73 Å². The lowest BCUT2D eigenvalue weighted by atomic mass is 10.3. The maximum absolute atomic E-state index is 10.4. The molecule has 0 aliphatic heterocycles. The molecule has 6 heteroatoms. The third-order valence-corrected chi connectivity index (χ3v) is 1.74. The summed E-state index contributed by atoms with van der Waals surface area (Å²) < 4.78 is 0.575. The van der Waals surface area contributed by atoms with Gasteiger partial charge in [0.15, 0.2) is 0 Å². The maximum atomic E-state index is 10.4. The van der Waals surface area contributed by atoms with Crippen molar-refractivity contribution in [3.05, 3.63) is 32.5 Å². The molecule has 0 radical (unpaired) electrons. The molecule has 64 valence electrons. The van der Waals surface area contributed by atoms with Crippen LogP contribution in [0.5, 0.6) is 0 Å². The third-order valence-electron chi connectivity index (χ3n) is 1.30. The molecule has 0 saturated carbocycles. The summed E-state index contributed by atoms with van der Waals surface area (Å²) in [5.41, 5.74) is 5.50. The van der Waals surface area contributed by atoms with Crippen molar-refractivity contribution in [1.29, 1.82) is 0 Å². The van der Waals surface area contributed by atoms with Crippen LogP contribution in [0, 0.1) is 10.1 Å². The first-order chi connectivity index (χ1) is 5.65.